The van der Waals surface area contributed by atoms with Crippen molar-refractivity contribution in [2.75, 3.05) is 10.8 Å². The Labute approximate surface area is 130 Å². The number of para-hydroxylation sites is 1. The molecule has 0 aliphatic heterocycles. The molecule has 0 saturated carbocycles. The first kappa shape index (κ1) is 16.5. The van der Waals surface area contributed by atoms with Gasteiger partial charge in [0.05, 0.1) is 18.3 Å². The zero-order valence-electron chi connectivity index (χ0n) is 12.9. The van der Waals surface area contributed by atoms with Crippen LogP contribution in [-0.4, -0.2) is 31.3 Å². The number of aliphatic hydroxyl groups excluding tert-OH is 1. The van der Waals surface area contributed by atoms with Gasteiger partial charge < -0.3 is 9.63 Å². The Kier molecular flexibility index (Phi) is 4.87. The predicted molar refractivity (Wildman–Crippen MR) is 83.2 cm³/mol. The topological polar surface area (TPSA) is 83.6 Å². The predicted octanol–water partition coefficient (Wildman–Crippen LogP) is 2.26. The van der Waals surface area contributed by atoms with Crippen LogP contribution in [0.2, 0.25) is 0 Å². The Bertz CT molecular complexity index is 706. The molecule has 0 aliphatic rings. The first-order valence-corrected chi connectivity index (χ1v) is 8.50. The van der Waals surface area contributed by atoms with E-state index < -0.39 is 16.1 Å². The van der Waals surface area contributed by atoms with Crippen LogP contribution in [0, 0.1) is 13.8 Å². The lowest BCUT2D eigenvalue weighted by atomic mass is 10.2. The molecule has 1 heterocycles. The molecule has 6 nitrogen and oxygen atoms in total. The van der Waals surface area contributed by atoms with E-state index in [1.54, 1.807) is 51.1 Å². The van der Waals surface area contributed by atoms with Crippen LogP contribution in [-0.2, 0) is 10.0 Å². The molecule has 0 unspecified atom stereocenters. The van der Waals surface area contributed by atoms with E-state index in [9.17, 15) is 13.5 Å². The van der Waals surface area contributed by atoms with Gasteiger partial charge in [-0.25, -0.2) is 8.42 Å². The first-order chi connectivity index (χ1) is 10.4. The average molecular weight is 324 g/mol. The highest BCUT2D eigenvalue weighted by molar-refractivity contribution is 7.93. The van der Waals surface area contributed by atoms with Gasteiger partial charge in [-0.15, -0.1) is 0 Å². The minimum atomic E-state index is -3.86. The van der Waals surface area contributed by atoms with Gasteiger partial charge in [0, 0.05) is 0 Å². The van der Waals surface area contributed by atoms with Crippen LogP contribution in [0.3, 0.4) is 0 Å². The quantitative estimate of drug-likeness (QED) is 0.881. The zero-order valence-corrected chi connectivity index (χ0v) is 13.7. The van der Waals surface area contributed by atoms with Crippen LogP contribution in [0.5, 0.6) is 0 Å². The molecule has 0 saturated heterocycles. The minimum absolute atomic E-state index is 0.0209. The van der Waals surface area contributed by atoms with Gasteiger partial charge in [0.25, 0.3) is 10.0 Å². The lowest BCUT2D eigenvalue weighted by Gasteiger charge is -2.26. The Morgan fingerprint density at radius 3 is 2.41 bits per heavy atom. The highest BCUT2D eigenvalue weighted by Crippen LogP contribution is 2.28. The third-order valence-corrected chi connectivity index (χ3v) is 5.45. The number of rotatable bonds is 6. The van der Waals surface area contributed by atoms with Gasteiger partial charge >= 0.3 is 0 Å². The second-order valence-electron chi connectivity index (χ2n) is 5.09. The number of aryl methyl sites for hydroxylation is 2. The Balaban J connectivity index is 2.53. The molecule has 0 bridgehead atoms. The van der Waals surface area contributed by atoms with Crippen LogP contribution in [0.4, 0.5) is 5.69 Å². The summed E-state index contributed by atoms with van der Waals surface area (Å²) in [6, 6.07) is 8.70. The fraction of sp³-hybridized carbons (Fsp3) is 0.400. The first-order valence-electron chi connectivity index (χ1n) is 7.06. The van der Waals surface area contributed by atoms with Gasteiger partial charge in [0.1, 0.15) is 5.69 Å². The standard InChI is InChI=1S/C15H20N2O4S/c1-4-14(18)10-17(13-8-6-5-7-9-13)22(19,20)15-11(2)16-21-12(15)3/h5-9,14,18H,4,10H2,1-3H3/t14-/m1/s1. The number of hydrogen-bond donors (Lipinski definition) is 1. The van der Waals surface area contributed by atoms with Crippen molar-refractivity contribution < 1.29 is 18.0 Å². The maximum Gasteiger partial charge on any atom is 0.269 e. The van der Waals surface area contributed by atoms with Crippen molar-refractivity contribution in [3.05, 3.63) is 41.8 Å². The van der Waals surface area contributed by atoms with E-state index in [0.29, 0.717) is 17.8 Å². The van der Waals surface area contributed by atoms with E-state index in [2.05, 4.69) is 5.16 Å². The van der Waals surface area contributed by atoms with Crippen LogP contribution in [0.25, 0.3) is 0 Å². The van der Waals surface area contributed by atoms with Crippen LogP contribution in [0.15, 0.2) is 39.8 Å². The molecule has 7 heteroatoms. The molecule has 2 rings (SSSR count). The number of aromatic nitrogens is 1. The molecule has 0 amide bonds. The fourth-order valence-electron chi connectivity index (χ4n) is 2.21. The van der Waals surface area contributed by atoms with Gasteiger partial charge in [-0.3, -0.25) is 4.31 Å². The van der Waals surface area contributed by atoms with Crippen molar-refractivity contribution in [2.45, 2.75) is 38.2 Å². The third kappa shape index (κ3) is 3.15. The molecule has 0 aliphatic carbocycles. The Morgan fingerprint density at radius 2 is 1.91 bits per heavy atom. The highest BCUT2D eigenvalue weighted by atomic mass is 32.2. The van der Waals surface area contributed by atoms with Crippen molar-refractivity contribution in [2.24, 2.45) is 0 Å². The fourth-order valence-corrected chi connectivity index (χ4v) is 4.01. The number of aliphatic hydroxyl groups is 1. The molecule has 0 radical (unpaired) electrons. The molecular weight excluding hydrogens is 304 g/mol. The van der Waals surface area contributed by atoms with Crippen LogP contribution >= 0.6 is 0 Å². The Hall–Kier alpha value is -1.86. The second-order valence-corrected chi connectivity index (χ2v) is 6.89. The summed E-state index contributed by atoms with van der Waals surface area (Å²) in [5.41, 5.74) is 0.805. The molecule has 120 valence electrons. The number of anilines is 1. The van der Waals surface area contributed by atoms with Crippen molar-refractivity contribution in [3.8, 4) is 0 Å². The SMILES string of the molecule is CC[C@@H](O)CN(c1ccccc1)S(=O)(=O)c1c(C)noc1C. The van der Waals surface area contributed by atoms with Gasteiger partial charge in [-0.05, 0) is 32.4 Å². The molecule has 0 spiro atoms. The number of sulfonamides is 1. The summed E-state index contributed by atoms with van der Waals surface area (Å²) in [5, 5.41) is 13.7. The zero-order chi connectivity index (χ0) is 16.3. The normalized spacial score (nSPS) is 13.1. The summed E-state index contributed by atoms with van der Waals surface area (Å²) in [6.07, 6.45) is -0.295. The van der Waals surface area contributed by atoms with E-state index in [-0.39, 0.29) is 17.2 Å². The smallest absolute Gasteiger partial charge is 0.269 e. The molecular formula is C15H20N2O4S. The Morgan fingerprint density at radius 1 is 1.27 bits per heavy atom. The highest BCUT2D eigenvalue weighted by Gasteiger charge is 2.32. The summed E-state index contributed by atoms with van der Waals surface area (Å²) in [4.78, 5) is 0.0552. The molecule has 1 atom stereocenters. The van der Waals surface area contributed by atoms with E-state index >= 15 is 0 Å². The molecule has 22 heavy (non-hydrogen) atoms. The number of hydrogen-bond acceptors (Lipinski definition) is 5. The summed E-state index contributed by atoms with van der Waals surface area (Å²) in [5.74, 6) is 0.240. The molecule has 0 fully saturated rings. The van der Waals surface area contributed by atoms with Gasteiger partial charge in [0.2, 0.25) is 0 Å². The second kappa shape index (κ2) is 6.50. The van der Waals surface area contributed by atoms with E-state index in [0.717, 1.165) is 0 Å². The van der Waals surface area contributed by atoms with Gasteiger partial charge in [-0.2, -0.15) is 0 Å². The third-order valence-electron chi connectivity index (χ3n) is 3.41. The lowest BCUT2D eigenvalue weighted by molar-refractivity contribution is 0.179. The van der Waals surface area contributed by atoms with E-state index in [1.807, 2.05) is 0 Å². The van der Waals surface area contributed by atoms with Crippen LogP contribution in [0.1, 0.15) is 24.8 Å². The maximum absolute atomic E-state index is 13.0. The van der Waals surface area contributed by atoms with Crippen LogP contribution < -0.4 is 4.31 Å². The van der Waals surface area contributed by atoms with Crippen molar-refractivity contribution in [1.82, 2.24) is 5.16 Å². The van der Waals surface area contributed by atoms with Gasteiger partial charge in [-0.1, -0.05) is 30.3 Å². The van der Waals surface area contributed by atoms with Crippen molar-refractivity contribution in [3.63, 3.8) is 0 Å². The van der Waals surface area contributed by atoms with E-state index in [1.165, 1.54) is 4.31 Å². The molecule has 1 N–H and O–H groups in total. The minimum Gasteiger partial charge on any atom is -0.391 e. The largest absolute Gasteiger partial charge is 0.391 e. The molecule has 1 aromatic carbocycles. The molecule has 1 aromatic heterocycles. The monoisotopic (exact) mass is 324 g/mol. The maximum atomic E-state index is 13.0. The summed E-state index contributed by atoms with van der Waals surface area (Å²) < 4.78 is 32.2. The molecule has 2 aromatic rings. The van der Waals surface area contributed by atoms with Crippen molar-refractivity contribution in [1.29, 1.82) is 0 Å². The average Bonchev–Trinajstić information content (AvgIpc) is 2.84. The van der Waals surface area contributed by atoms with Crippen molar-refractivity contribution >= 4 is 15.7 Å². The lowest BCUT2D eigenvalue weighted by Crippen LogP contribution is -2.37. The number of nitrogens with zero attached hydrogens (tertiary/aromatic N) is 2. The van der Waals surface area contributed by atoms with Gasteiger partial charge in [0.15, 0.2) is 10.7 Å². The summed E-state index contributed by atoms with van der Waals surface area (Å²) >= 11 is 0. The summed E-state index contributed by atoms with van der Waals surface area (Å²) in [7, 11) is -3.86. The number of benzene rings is 1. The van der Waals surface area contributed by atoms with E-state index in [4.69, 9.17) is 4.52 Å². The summed E-state index contributed by atoms with van der Waals surface area (Å²) in [6.45, 7) is 4.93.